The summed E-state index contributed by atoms with van der Waals surface area (Å²) >= 11 is 0. The molecule has 0 radical (unpaired) electrons. The van der Waals surface area contributed by atoms with Crippen LogP contribution in [0.25, 0.3) is 0 Å². The normalized spacial score (nSPS) is 8.27. The van der Waals surface area contributed by atoms with E-state index >= 15 is 0 Å². The number of esters is 1. The molecule has 1 aromatic heterocycles. The lowest BCUT2D eigenvalue weighted by Crippen LogP contribution is -2.01. The van der Waals surface area contributed by atoms with E-state index in [9.17, 15) is 4.79 Å². The molecule has 74 valence electrons. The molecule has 1 heterocycles. The summed E-state index contributed by atoms with van der Waals surface area (Å²) in [6.45, 7) is 0. The Morgan fingerprint density at radius 1 is 1.60 bits per heavy atom. The van der Waals surface area contributed by atoms with Crippen LogP contribution in [0.3, 0.4) is 0 Å². The van der Waals surface area contributed by atoms with Crippen molar-refractivity contribution < 1.29 is 9.53 Å². The van der Waals surface area contributed by atoms with Crippen molar-refractivity contribution in [1.29, 1.82) is 5.26 Å². The summed E-state index contributed by atoms with van der Waals surface area (Å²) in [6.07, 6.45) is 3.08. The van der Waals surface area contributed by atoms with Gasteiger partial charge >= 0.3 is 5.97 Å². The van der Waals surface area contributed by atoms with Crippen molar-refractivity contribution in [2.24, 2.45) is 0 Å². The number of nitrogens with zero attached hydrogens (tertiary/aromatic N) is 2. The maximum atomic E-state index is 11.1. The number of hydrogen-bond donors (Lipinski definition) is 0. The first-order valence-corrected chi connectivity index (χ1v) is 4.17. The lowest BCUT2D eigenvalue weighted by atomic mass is 10.2. The Labute approximate surface area is 87.5 Å². The summed E-state index contributed by atoms with van der Waals surface area (Å²) in [5, 5.41) is 8.28. The minimum absolute atomic E-state index is 0.155. The van der Waals surface area contributed by atoms with Crippen molar-refractivity contribution in [3.63, 3.8) is 0 Å². The molecule has 0 bridgehead atoms. The molecule has 0 aromatic carbocycles. The molecule has 0 N–H and O–H groups in total. The second-order valence-corrected chi connectivity index (χ2v) is 2.59. The monoisotopic (exact) mass is 200 g/mol. The van der Waals surface area contributed by atoms with Gasteiger partial charge in [-0.15, -0.1) is 0 Å². The summed E-state index contributed by atoms with van der Waals surface area (Å²) < 4.78 is 4.54. The van der Waals surface area contributed by atoms with E-state index in [-0.39, 0.29) is 6.42 Å². The molecule has 0 aliphatic carbocycles. The van der Waals surface area contributed by atoms with Gasteiger partial charge in [0.2, 0.25) is 0 Å². The van der Waals surface area contributed by atoms with Gasteiger partial charge in [0.25, 0.3) is 0 Å². The molecule has 4 heteroatoms. The van der Waals surface area contributed by atoms with Gasteiger partial charge in [0.05, 0.1) is 25.2 Å². The Kier molecular flexibility index (Phi) is 3.88. The molecule has 0 unspecified atom stereocenters. The van der Waals surface area contributed by atoms with E-state index < -0.39 is 5.97 Å². The number of pyridine rings is 1. The number of rotatable bonds is 1. The van der Waals surface area contributed by atoms with Gasteiger partial charge in [0.15, 0.2) is 0 Å². The maximum absolute atomic E-state index is 11.1. The minimum Gasteiger partial charge on any atom is -0.465 e. The molecular formula is C11H8N2O2. The molecule has 0 saturated carbocycles. The molecule has 0 saturated heterocycles. The molecular weight excluding hydrogens is 192 g/mol. The fourth-order valence-electron chi connectivity index (χ4n) is 0.924. The topological polar surface area (TPSA) is 63.0 Å². The highest BCUT2D eigenvalue weighted by Crippen LogP contribution is 2.02. The highest BCUT2D eigenvalue weighted by atomic mass is 16.5. The molecule has 0 spiro atoms. The summed E-state index contributed by atoms with van der Waals surface area (Å²) in [4.78, 5) is 15.0. The number of carbonyl (C=O) groups is 1. The van der Waals surface area contributed by atoms with E-state index in [1.54, 1.807) is 6.07 Å². The Morgan fingerprint density at radius 3 is 3.07 bits per heavy atom. The highest BCUT2D eigenvalue weighted by Gasteiger charge is 2.04. The van der Waals surface area contributed by atoms with Gasteiger partial charge in [0, 0.05) is 18.0 Å². The molecule has 0 amide bonds. The van der Waals surface area contributed by atoms with Crippen LogP contribution < -0.4 is 0 Å². The smallest absolute Gasteiger partial charge is 0.339 e. The van der Waals surface area contributed by atoms with E-state index in [0.717, 1.165) is 0 Å². The fraction of sp³-hybridized carbons (Fsp3) is 0.182. The Morgan fingerprint density at radius 2 is 2.40 bits per heavy atom. The molecule has 0 aliphatic rings. The molecule has 1 aromatic rings. The zero-order valence-electron chi connectivity index (χ0n) is 8.15. The van der Waals surface area contributed by atoms with Crippen molar-refractivity contribution in [3.05, 3.63) is 29.6 Å². The van der Waals surface area contributed by atoms with Crippen molar-refractivity contribution in [1.82, 2.24) is 4.98 Å². The van der Waals surface area contributed by atoms with Crippen LogP contribution in [0, 0.1) is 23.2 Å². The second kappa shape index (κ2) is 5.41. The van der Waals surface area contributed by atoms with Crippen LogP contribution in [0.1, 0.15) is 22.3 Å². The van der Waals surface area contributed by atoms with Gasteiger partial charge in [-0.3, -0.25) is 4.98 Å². The number of aromatic nitrogens is 1. The quantitative estimate of drug-likeness (QED) is 0.503. The second-order valence-electron chi connectivity index (χ2n) is 2.59. The van der Waals surface area contributed by atoms with Crippen LogP contribution in [0.2, 0.25) is 0 Å². The number of carbonyl (C=O) groups excluding carboxylic acids is 1. The van der Waals surface area contributed by atoms with E-state index in [1.807, 2.05) is 6.07 Å². The summed E-state index contributed by atoms with van der Waals surface area (Å²) in [5.74, 6) is 4.90. The molecule has 0 aliphatic heterocycles. The molecule has 0 atom stereocenters. The van der Waals surface area contributed by atoms with Gasteiger partial charge in [0.1, 0.15) is 0 Å². The third-order valence-electron chi connectivity index (χ3n) is 1.56. The van der Waals surface area contributed by atoms with Crippen LogP contribution in [0.15, 0.2) is 18.5 Å². The minimum atomic E-state index is -0.452. The van der Waals surface area contributed by atoms with E-state index in [1.165, 1.54) is 19.5 Å². The average Bonchev–Trinajstić information content (AvgIpc) is 2.29. The third kappa shape index (κ3) is 3.13. The van der Waals surface area contributed by atoms with E-state index in [4.69, 9.17) is 5.26 Å². The van der Waals surface area contributed by atoms with Gasteiger partial charge in [-0.2, -0.15) is 5.26 Å². The van der Waals surface area contributed by atoms with Gasteiger partial charge < -0.3 is 4.74 Å². The number of hydrogen-bond acceptors (Lipinski definition) is 4. The molecule has 0 fully saturated rings. The van der Waals surface area contributed by atoms with Crippen molar-refractivity contribution >= 4 is 5.97 Å². The third-order valence-corrected chi connectivity index (χ3v) is 1.56. The maximum Gasteiger partial charge on any atom is 0.339 e. The lowest BCUT2D eigenvalue weighted by molar-refractivity contribution is 0.0600. The van der Waals surface area contributed by atoms with Crippen LogP contribution in [-0.2, 0) is 4.74 Å². The summed E-state index contributed by atoms with van der Waals surface area (Å²) in [6, 6.07) is 3.47. The highest BCUT2D eigenvalue weighted by molar-refractivity contribution is 5.89. The summed E-state index contributed by atoms with van der Waals surface area (Å²) in [7, 11) is 1.30. The molecule has 15 heavy (non-hydrogen) atoms. The fourth-order valence-corrected chi connectivity index (χ4v) is 0.924. The van der Waals surface area contributed by atoms with Gasteiger partial charge in [-0.25, -0.2) is 4.79 Å². The van der Waals surface area contributed by atoms with Gasteiger partial charge in [-0.05, 0) is 6.07 Å². The predicted octanol–water partition coefficient (Wildman–Crippen LogP) is 1.13. The van der Waals surface area contributed by atoms with Crippen LogP contribution in [0.5, 0.6) is 0 Å². The van der Waals surface area contributed by atoms with Crippen molar-refractivity contribution in [2.75, 3.05) is 7.11 Å². The first-order chi connectivity index (χ1) is 7.27. The Bertz CT molecular complexity index is 463. The first-order valence-electron chi connectivity index (χ1n) is 4.17. The lowest BCUT2D eigenvalue weighted by Gasteiger charge is -1.97. The van der Waals surface area contributed by atoms with Crippen LogP contribution in [-0.4, -0.2) is 18.1 Å². The largest absolute Gasteiger partial charge is 0.465 e. The Hall–Kier alpha value is -2.33. The van der Waals surface area contributed by atoms with Crippen LogP contribution >= 0.6 is 0 Å². The first kappa shape index (κ1) is 10.7. The molecule has 1 rings (SSSR count). The van der Waals surface area contributed by atoms with E-state index in [2.05, 4.69) is 21.6 Å². The zero-order valence-corrected chi connectivity index (χ0v) is 8.15. The number of methoxy groups -OCH3 is 1. The number of ether oxygens (including phenoxy) is 1. The van der Waals surface area contributed by atoms with Crippen molar-refractivity contribution in [2.45, 2.75) is 6.42 Å². The van der Waals surface area contributed by atoms with Crippen molar-refractivity contribution in [3.8, 4) is 17.9 Å². The standard InChI is InChI=1S/C11H8N2O2/c1-15-11(14)10-6-9(7-13-8-10)4-2-3-5-12/h6-8H,3H2,1H3. The number of nitriles is 1. The average molecular weight is 200 g/mol. The van der Waals surface area contributed by atoms with E-state index in [0.29, 0.717) is 11.1 Å². The Balaban J connectivity index is 2.90. The summed E-state index contributed by atoms with van der Waals surface area (Å²) in [5.41, 5.74) is 0.939. The SMILES string of the molecule is COC(=O)c1cncc(C#CCC#N)c1. The predicted molar refractivity (Wildman–Crippen MR) is 52.7 cm³/mol. The molecule has 4 nitrogen and oxygen atoms in total. The zero-order chi connectivity index (χ0) is 11.1. The van der Waals surface area contributed by atoms with Crippen LogP contribution in [0.4, 0.5) is 0 Å². The van der Waals surface area contributed by atoms with Gasteiger partial charge in [-0.1, -0.05) is 11.8 Å².